The van der Waals surface area contributed by atoms with Crippen LogP contribution >= 0.6 is 15.9 Å². The summed E-state index contributed by atoms with van der Waals surface area (Å²) in [7, 11) is 3.48. The summed E-state index contributed by atoms with van der Waals surface area (Å²) in [5.74, 6) is 0. The monoisotopic (exact) mass is 328 g/mol. The third-order valence-corrected chi connectivity index (χ3v) is 4.11. The molecule has 2 N–H and O–H groups in total. The second-order valence-electron chi connectivity index (χ2n) is 4.77. The molecule has 2 rings (SSSR count). The number of rotatable bonds is 5. The molecule has 0 radical (unpaired) electrons. The summed E-state index contributed by atoms with van der Waals surface area (Å²) in [6, 6.07) is 6.35. The van der Waals surface area contributed by atoms with Crippen LogP contribution in [0, 0.1) is 0 Å². The molecule has 1 heterocycles. The van der Waals surface area contributed by atoms with Crippen LogP contribution in [0.1, 0.15) is 5.56 Å². The number of ether oxygens (including phenoxy) is 2. The highest BCUT2D eigenvalue weighted by atomic mass is 79.9. The summed E-state index contributed by atoms with van der Waals surface area (Å²) < 4.78 is 12.1. The number of methoxy groups -OCH3 is 2. The highest BCUT2D eigenvalue weighted by Gasteiger charge is 2.33. The van der Waals surface area contributed by atoms with Crippen LogP contribution in [0.15, 0.2) is 22.7 Å². The van der Waals surface area contributed by atoms with E-state index in [1.807, 2.05) is 0 Å². The van der Waals surface area contributed by atoms with Gasteiger partial charge in [-0.3, -0.25) is 0 Å². The topological polar surface area (TPSA) is 47.7 Å². The van der Waals surface area contributed by atoms with Crippen molar-refractivity contribution in [2.24, 2.45) is 5.73 Å². The summed E-state index contributed by atoms with van der Waals surface area (Å²) in [4.78, 5) is 2.32. The van der Waals surface area contributed by atoms with Crippen molar-refractivity contribution in [2.75, 3.05) is 38.8 Å². The number of benzene rings is 1. The highest BCUT2D eigenvalue weighted by molar-refractivity contribution is 9.10. The minimum absolute atomic E-state index is 0.124. The predicted octanol–water partition coefficient (Wildman–Crippen LogP) is 1.80. The van der Waals surface area contributed by atoms with Crippen LogP contribution in [0.4, 0.5) is 5.69 Å². The minimum atomic E-state index is 0.124. The van der Waals surface area contributed by atoms with Gasteiger partial charge in [-0.15, -0.1) is 0 Å². The van der Waals surface area contributed by atoms with Crippen molar-refractivity contribution in [3.05, 3.63) is 28.2 Å². The Morgan fingerprint density at radius 2 is 1.89 bits per heavy atom. The van der Waals surface area contributed by atoms with E-state index >= 15 is 0 Å². The molecule has 1 aromatic carbocycles. The lowest BCUT2D eigenvalue weighted by molar-refractivity contribution is -0.00461. The number of nitrogens with two attached hydrogens (primary N) is 1. The van der Waals surface area contributed by atoms with Crippen molar-refractivity contribution in [2.45, 2.75) is 18.6 Å². The maximum absolute atomic E-state index is 5.70. The van der Waals surface area contributed by atoms with Crippen LogP contribution < -0.4 is 10.6 Å². The first kappa shape index (κ1) is 14.8. The molecule has 1 aromatic rings. The summed E-state index contributed by atoms with van der Waals surface area (Å²) in [6.45, 7) is 2.36. The zero-order chi connectivity index (χ0) is 13.8. The molecule has 4 nitrogen and oxygen atoms in total. The first-order valence-electron chi connectivity index (χ1n) is 6.48. The Bertz CT molecular complexity index is 416. The minimum Gasteiger partial charge on any atom is -0.377 e. The molecule has 2 unspecified atom stereocenters. The van der Waals surface area contributed by atoms with E-state index in [4.69, 9.17) is 15.2 Å². The van der Waals surface area contributed by atoms with Gasteiger partial charge in [0.2, 0.25) is 0 Å². The van der Waals surface area contributed by atoms with Gasteiger partial charge in [0.15, 0.2) is 0 Å². The molecule has 0 spiro atoms. The summed E-state index contributed by atoms with van der Waals surface area (Å²) in [6.07, 6.45) is 1.12. The molecule has 0 aliphatic carbocycles. The van der Waals surface area contributed by atoms with Gasteiger partial charge in [-0.2, -0.15) is 0 Å². The lowest BCUT2D eigenvalue weighted by Crippen LogP contribution is -2.27. The first-order chi connectivity index (χ1) is 9.19. The van der Waals surface area contributed by atoms with Crippen molar-refractivity contribution in [3.8, 4) is 0 Å². The number of nitrogens with zero attached hydrogens (tertiary/aromatic N) is 1. The Balaban J connectivity index is 2.22. The maximum Gasteiger partial charge on any atom is 0.102 e. The molecule has 0 bridgehead atoms. The van der Waals surface area contributed by atoms with E-state index in [9.17, 15) is 0 Å². The average Bonchev–Trinajstić information content (AvgIpc) is 2.82. The molecule has 0 amide bonds. The lowest BCUT2D eigenvalue weighted by atomic mass is 10.1. The van der Waals surface area contributed by atoms with Gasteiger partial charge in [0.05, 0.1) is 0 Å². The van der Waals surface area contributed by atoms with Crippen molar-refractivity contribution in [1.29, 1.82) is 0 Å². The smallest absolute Gasteiger partial charge is 0.102 e. The molecule has 1 aliphatic rings. The number of hydrogen-bond acceptors (Lipinski definition) is 4. The maximum atomic E-state index is 5.70. The highest BCUT2D eigenvalue weighted by Crippen LogP contribution is 2.29. The fourth-order valence-corrected chi connectivity index (χ4v) is 3.02. The van der Waals surface area contributed by atoms with Crippen LogP contribution in [-0.2, 0) is 15.9 Å². The second-order valence-corrected chi connectivity index (χ2v) is 5.68. The van der Waals surface area contributed by atoms with Gasteiger partial charge in [-0.1, -0.05) is 15.9 Å². The molecule has 19 heavy (non-hydrogen) atoms. The Kier molecular flexibility index (Phi) is 5.21. The van der Waals surface area contributed by atoms with Gasteiger partial charge < -0.3 is 20.1 Å². The van der Waals surface area contributed by atoms with Crippen LogP contribution in [0.25, 0.3) is 0 Å². The number of halogens is 1. The zero-order valence-electron chi connectivity index (χ0n) is 11.4. The number of hydrogen-bond donors (Lipinski definition) is 1. The Labute approximate surface area is 123 Å². The largest absolute Gasteiger partial charge is 0.377 e. The fraction of sp³-hybridized carbons (Fsp3) is 0.571. The van der Waals surface area contributed by atoms with Crippen molar-refractivity contribution < 1.29 is 9.47 Å². The fourth-order valence-electron chi connectivity index (χ4n) is 2.61. The lowest BCUT2D eigenvalue weighted by Gasteiger charge is -2.22. The van der Waals surface area contributed by atoms with E-state index in [0.717, 1.165) is 24.0 Å². The van der Waals surface area contributed by atoms with E-state index in [1.165, 1.54) is 11.3 Å². The van der Waals surface area contributed by atoms with Gasteiger partial charge in [-0.25, -0.2) is 0 Å². The molecule has 0 saturated carbocycles. The third kappa shape index (κ3) is 3.28. The van der Waals surface area contributed by atoms with Crippen LogP contribution in [0.2, 0.25) is 0 Å². The van der Waals surface area contributed by atoms with Gasteiger partial charge in [-0.05, 0) is 36.7 Å². The zero-order valence-corrected chi connectivity index (χ0v) is 13.0. The van der Waals surface area contributed by atoms with E-state index in [1.54, 1.807) is 14.2 Å². The molecule has 5 heteroatoms. The third-order valence-electron chi connectivity index (χ3n) is 3.62. The van der Waals surface area contributed by atoms with Gasteiger partial charge in [0, 0.05) is 37.5 Å². The van der Waals surface area contributed by atoms with Gasteiger partial charge >= 0.3 is 0 Å². The quantitative estimate of drug-likeness (QED) is 0.895. The van der Waals surface area contributed by atoms with Crippen molar-refractivity contribution in [3.63, 3.8) is 0 Å². The normalized spacial score (nSPS) is 23.1. The Morgan fingerprint density at radius 1 is 1.26 bits per heavy atom. The number of anilines is 1. The van der Waals surface area contributed by atoms with E-state index < -0.39 is 0 Å². The molecule has 0 aromatic heterocycles. The van der Waals surface area contributed by atoms with Gasteiger partial charge in [0.25, 0.3) is 0 Å². The van der Waals surface area contributed by atoms with Crippen LogP contribution in [0.3, 0.4) is 0 Å². The Morgan fingerprint density at radius 3 is 2.42 bits per heavy atom. The standard InChI is InChI=1S/C14H21BrN2O2/c1-18-13-8-17(9-14(13)19-2)12-4-3-11(15)7-10(12)5-6-16/h3-4,7,13-14H,5-6,8-9,16H2,1-2H3. The van der Waals surface area contributed by atoms with E-state index in [-0.39, 0.29) is 12.2 Å². The Hall–Kier alpha value is -0.620. The van der Waals surface area contributed by atoms with Crippen LogP contribution in [-0.4, -0.2) is 46.1 Å². The molecular formula is C14H21BrN2O2. The molecular weight excluding hydrogens is 308 g/mol. The molecule has 106 valence electrons. The first-order valence-corrected chi connectivity index (χ1v) is 7.28. The summed E-state index contributed by atoms with van der Waals surface area (Å²) >= 11 is 3.52. The molecule has 2 atom stereocenters. The van der Waals surface area contributed by atoms with Crippen molar-refractivity contribution >= 4 is 21.6 Å². The SMILES string of the molecule is COC1CN(c2ccc(Br)cc2CCN)CC1OC. The summed E-state index contributed by atoms with van der Waals surface area (Å²) in [5.41, 5.74) is 8.20. The molecule has 1 aliphatic heterocycles. The van der Waals surface area contributed by atoms with E-state index in [2.05, 4.69) is 39.0 Å². The second kappa shape index (κ2) is 6.70. The predicted molar refractivity (Wildman–Crippen MR) is 80.7 cm³/mol. The summed E-state index contributed by atoms with van der Waals surface area (Å²) in [5, 5.41) is 0. The van der Waals surface area contributed by atoms with Gasteiger partial charge in [0.1, 0.15) is 12.2 Å². The van der Waals surface area contributed by atoms with Crippen molar-refractivity contribution in [1.82, 2.24) is 0 Å². The molecule has 1 fully saturated rings. The molecule has 1 saturated heterocycles. The van der Waals surface area contributed by atoms with E-state index in [0.29, 0.717) is 6.54 Å². The average molecular weight is 329 g/mol. The van der Waals surface area contributed by atoms with Crippen LogP contribution in [0.5, 0.6) is 0 Å².